The zero-order valence-corrected chi connectivity index (χ0v) is 5.61. The average Bonchev–Trinajstić information content (AvgIpc) is 1.97. The van der Waals surface area contributed by atoms with Crippen molar-refractivity contribution in [2.45, 2.75) is 0 Å². The van der Waals surface area contributed by atoms with Crippen molar-refractivity contribution in [2.75, 3.05) is 22.9 Å². The predicted molar refractivity (Wildman–Crippen MR) is 40.8 cm³/mol. The number of nitrogen functional groups attached to an aromatic ring is 4. The zero-order valence-electron chi connectivity index (χ0n) is 5.61. The third-order valence-corrected chi connectivity index (χ3v) is 1.20. The van der Waals surface area contributed by atoms with E-state index in [0.717, 1.165) is 0 Å². The molecule has 60 valence electrons. The third-order valence-electron chi connectivity index (χ3n) is 1.20. The number of nitrogens with zero attached hydrogens (tertiary/aromatic N) is 2. The summed E-state index contributed by atoms with van der Waals surface area (Å²) in [7, 11) is 0. The summed E-state index contributed by atoms with van der Waals surface area (Å²) in [4.78, 5) is 3.52. The van der Waals surface area contributed by atoms with Crippen LogP contribution < -0.4 is 27.7 Å². The molecule has 0 bridgehead atoms. The van der Waals surface area contributed by atoms with E-state index < -0.39 is 0 Å². The van der Waals surface area contributed by atoms with Crippen LogP contribution in [-0.4, -0.2) is 4.98 Å². The van der Waals surface area contributed by atoms with Gasteiger partial charge in [0.1, 0.15) is 0 Å². The molecule has 0 aliphatic rings. The van der Waals surface area contributed by atoms with Crippen LogP contribution in [-0.2, 0) is 0 Å². The summed E-state index contributed by atoms with van der Waals surface area (Å²) in [5.74, 6) is -0.716. The highest BCUT2D eigenvalue weighted by molar-refractivity contribution is 5.58. The van der Waals surface area contributed by atoms with E-state index in [4.69, 9.17) is 22.9 Å². The predicted octanol–water partition coefficient (Wildman–Crippen LogP) is -1.96. The lowest BCUT2D eigenvalue weighted by Crippen LogP contribution is -2.36. The second-order valence-electron chi connectivity index (χ2n) is 1.95. The van der Waals surface area contributed by atoms with Crippen LogP contribution in [0.25, 0.3) is 0 Å². The van der Waals surface area contributed by atoms with Crippen molar-refractivity contribution < 1.29 is 4.73 Å². The molecule has 1 rings (SSSR count). The molecule has 0 aliphatic carbocycles. The smallest absolute Gasteiger partial charge is 0.263 e. The molecule has 0 radical (unpaired) electrons. The molecule has 0 saturated carbocycles. The van der Waals surface area contributed by atoms with Gasteiger partial charge in [0.15, 0.2) is 11.6 Å². The first kappa shape index (κ1) is 7.19. The Kier molecular flexibility index (Phi) is 1.34. The van der Waals surface area contributed by atoms with Crippen LogP contribution in [0.1, 0.15) is 0 Å². The molecule has 0 aliphatic heterocycles. The molecular formula is C4H8N6O. The summed E-state index contributed by atoms with van der Waals surface area (Å²) in [5, 5.41) is 10.9. The van der Waals surface area contributed by atoms with E-state index in [0.29, 0.717) is 0 Å². The molecule has 0 atom stereocenters. The van der Waals surface area contributed by atoms with Crippen molar-refractivity contribution in [1.82, 2.24) is 4.98 Å². The maximum Gasteiger partial charge on any atom is 0.263 e. The Morgan fingerprint density at radius 2 is 1.36 bits per heavy atom. The SMILES string of the molecule is Nc1nc(N)c(N)[n+]([O-])c1N. The van der Waals surface area contributed by atoms with Gasteiger partial charge in [0.25, 0.3) is 11.6 Å². The quantitative estimate of drug-likeness (QED) is 0.253. The molecular weight excluding hydrogens is 148 g/mol. The molecule has 7 heteroatoms. The van der Waals surface area contributed by atoms with Crippen molar-refractivity contribution in [2.24, 2.45) is 0 Å². The Morgan fingerprint density at radius 1 is 1.00 bits per heavy atom. The minimum absolute atomic E-state index is 0.119. The Labute approximate surface area is 62.2 Å². The fraction of sp³-hybridized carbons (Fsp3) is 0. The number of aromatic nitrogens is 2. The maximum absolute atomic E-state index is 10.9. The Balaban J connectivity index is 3.46. The van der Waals surface area contributed by atoms with Gasteiger partial charge in [-0.25, -0.2) is 9.71 Å². The fourth-order valence-corrected chi connectivity index (χ4v) is 0.582. The first-order valence-corrected chi connectivity index (χ1v) is 2.73. The van der Waals surface area contributed by atoms with E-state index in [9.17, 15) is 5.21 Å². The van der Waals surface area contributed by atoms with Crippen LogP contribution in [0.2, 0.25) is 0 Å². The minimum atomic E-state index is -0.239. The van der Waals surface area contributed by atoms with E-state index in [1.807, 2.05) is 0 Å². The largest absolute Gasteiger partial charge is 0.740 e. The van der Waals surface area contributed by atoms with Crippen molar-refractivity contribution in [3.05, 3.63) is 5.21 Å². The number of hydrogen-bond donors (Lipinski definition) is 4. The topological polar surface area (TPSA) is 144 Å². The molecule has 1 aromatic heterocycles. The molecule has 0 amide bonds. The zero-order chi connectivity index (χ0) is 8.59. The number of nitrogens with two attached hydrogens (primary N) is 4. The van der Waals surface area contributed by atoms with Crippen molar-refractivity contribution >= 4 is 23.3 Å². The molecule has 0 spiro atoms. The van der Waals surface area contributed by atoms with Gasteiger partial charge in [-0.2, -0.15) is 0 Å². The third kappa shape index (κ3) is 0.914. The van der Waals surface area contributed by atoms with E-state index in [2.05, 4.69) is 4.98 Å². The van der Waals surface area contributed by atoms with E-state index in [1.165, 1.54) is 0 Å². The second kappa shape index (κ2) is 2.04. The van der Waals surface area contributed by atoms with E-state index in [1.54, 1.807) is 0 Å². The van der Waals surface area contributed by atoms with Crippen LogP contribution in [0.5, 0.6) is 0 Å². The highest BCUT2D eigenvalue weighted by Gasteiger charge is 2.10. The molecule has 11 heavy (non-hydrogen) atoms. The number of rotatable bonds is 0. The summed E-state index contributed by atoms with van der Waals surface area (Å²) in [6, 6.07) is 0. The molecule has 1 heterocycles. The van der Waals surface area contributed by atoms with Crippen LogP contribution in [0, 0.1) is 5.21 Å². The number of hydrogen-bond acceptors (Lipinski definition) is 6. The van der Waals surface area contributed by atoms with Gasteiger partial charge < -0.3 is 28.1 Å². The molecule has 8 N–H and O–H groups in total. The lowest BCUT2D eigenvalue weighted by atomic mass is 10.5. The van der Waals surface area contributed by atoms with E-state index in [-0.39, 0.29) is 28.0 Å². The summed E-state index contributed by atoms with van der Waals surface area (Å²) in [5.41, 5.74) is 20.8. The van der Waals surface area contributed by atoms with Crippen molar-refractivity contribution in [1.29, 1.82) is 0 Å². The van der Waals surface area contributed by atoms with Gasteiger partial charge in [-0.15, -0.1) is 0 Å². The van der Waals surface area contributed by atoms with Crippen LogP contribution in [0.3, 0.4) is 0 Å². The standard InChI is InChI=1S/C4H8N6O/c5-1-3(7)10(11)4(8)2(6)9-1/h7-8H2,(H4,5,6,9). The summed E-state index contributed by atoms with van der Waals surface area (Å²) >= 11 is 0. The maximum atomic E-state index is 10.9. The lowest BCUT2D eigenvalue weighted by molar-refractivity contribution is -0.573. The van der Waals surface area contributed by atoms with Gasteiger partial charge in [-0.05, 0) is 0 Å². The number of anilines is 4. The second-order valence-corrected chi connectivity index (χ2v) is 1.95. The lowest BCUT2D eigenvalue weighted by Gasteiger charge is -2.11. The van der Waals surface area contributed by atoms with Crippen LogP contribution in [0.4, 0.5) is 23.3 Å². The first-order valence-electron chi connectivity index (χ1n) is 2.73. The van der Waals surface area contributed by atoms with Crippen LogP contribution in [0.15, 0.2) is 0 Å². The van der Waals surface area contributed by atoms with Gasteiger partial charge >= 0.3 is 0 Å². The fourth-order valence-electron chi connectivity index (χ4n) is 0.582. The molecule has 0 unspecified atom stereocenters. The Bertz CT molecular complexity index is 271. The molecule has 0 fully saturated rings. The van der Waals surface area contributed by atoms with Crippen molar-refractivity contribution in [3.63, 3.8) is 0 Å². The minimum Gasteiger partial charge on any atom is -0.740 e. The molecule has 1 aromatic rings. The van der Waals surface area contributed by atoms with Crippen LogP contribution >= 0.6 is 0 Å². The van der Waals surface area contributed by atoms with Crippen molar-refractivity contribution in [3.8, 4) is 0 Å². The monoisotopic (exact) mass is 156 g/mol. The molecule has 0 saturated heterocycles. The highest BCUT2D eigenvalue weighted by atomic mass is 16.5. The summed E-state index contributed by atoms with van der Waals surface area (Å²) in [6.45, 7) is 0. The van der Waals surface area contributed by atoms with Gasteiger partial charge in [-0.1, -0.05) is 0 Å². The molecule has 7 nitrogen and oxygen atoms in total. The van der Waals surface area contributed by atoms with Gasteiger partial charge in [0.2, 0.25) is 0 Å². The Morgan fingerprint density at radius 3 is 1.73 bits per heavy atom. The summed E-state index contributed by atoms with van der Waals surface area (Å²) in [6.07, 6.45) is 0. The van der Waals surface area contributed by atoms with Gasteiger partial charge in [0.05, 0.1) is 0 Å². The summed E-state index contributed by atoms with van der Waals surface area (Å²) < 4.78 is 0.234. The highest BCUT2D eigenvalue weighted by Crippen LogP contribution is 2.12. The van der Waals surface area contributed by atoms with Gasteiger partial charge in [0, 0.05) is 0 Å². The normalized spacial score (nSPS) is 9.82. The van der Waals surface area contributed by atoms with Gasteiger partial charge in [-0.3, -0.25) is 0 Å². The molecule has 0 aromatic carbocycles. The van der Waals surface area contributed by atoms with E-state index >= 15 is 0 Å². The Hall–Kier alpha value is -1.92. The average molecular weight is 156 g/mol. The first-order chi connectivity index (χ1) is 5.04.